The summed E-state index contributed by atoms with van der Waals surface area (Å²) in [5, 5.41) is 18.3. The van der Waals surface area contributed by atoms with Crippen LogP contribution in [-0.2, 0) is 9.47 Å². The fraction of sp³-hybridized carbons (Fsp3) is 1.00. The van der Waals surface area contributed by atoms with Crippen LogP contribution in [0.4, 0.5) is 0 Å². The molecule has 1 aliphatic rings. The molecule has 2 N–H and O–H groups in total. The van der Waals surface area contributed by atoms with E-state index < -0.39 is 5.79 Å². The summed E-state index contributed by atoms with van der Waals surface area (Å²) in [7, 11) is 0. The Kier molecular flexibility index (Phi) is 3.06. The first-order valence-corrected chi connectivity index (χ1v) is 4.13. The molecule has 0 aromatic heterocycles. The van der Waals surface area contributed by atoms with Gasteiger partial charge in [-0.3, -0.25) is 0 Å². The third-order valence-electron chi connectivity index (χ3n) is 1.68. The second-order valence-electron chi connectivity index (χ2n) is 3.60. The zero-order valence-corrected chi connectivity index (χ0v) is 7.49. The summed E-state index contributed by atoms with van der Waals surface area (Å²) in [5.74, 6) is -1.11. The van der Waals surface area contributed by atoms with E-state index in [9.17, 15) is 5.11 Å². The third kappa shape index (κ3) is 3.49. The van der Waals surface area contributed by atoms with Gasteiger partial charge in [0.2, 0.25) is 0 Å². The van der Waals surface area contributed by atoms with Crippen molar-refractivity contribution in [2.75, 3.05) is 13.2 Å². The lowest BCUT2D eigenvalue weighted by Gasteiger charge is -2.20. The molecule has 0 spiro atoms. The first-order chi connectivity index (χ1) is 5.47. The van der Waals surface area contributed by atoms with Crippen LogP contribution in [0.2, 0.25) is 0 Å². The van der Waals surface area contributed by atoms with Crippen molar-refractivity contribution >= 4 is 0 Å². The molecule has 72 valence electrons. The van der Waals surface area contributed by atoms with Crippen LogP contribution in [0.15, 0.2) is 0 Å². The van der Waals surface area contributed by atoms with Crippen LogP contribution in [0.5, 0.6) is 0 Å². The van der Waals surface area contributed by atoms with Gasteiger partial charge in [0.1, 0.15) is 0 Å². The Balaban J connectivity index is 2.16. The Morgan fingerprint density at radius 3 is 2.67 bits per heavy atom. The van der Waals surface area contributed by atoms with Gasteiger partial charge in [-0.2, -0.15) is 0 Å². The molecule has 4 nitrogen and oxygen atoms in total. The average Bonchev–Trinajstić information content (AvgIpc) is 2.30. The van der Waals surface area contributed by atoms with E-state index in [2.05, 4.69) is 0 Å². The summed E-state index contributed by atoms with van der Waals surface area (Å²) < 4.78 is 10.3. The van der Waals surface area contributed by atoms with Crippen molar-refractivity contribution in [2.24, 2.45) is 0 Å². The highest BCUT2D eigenvalue weighted by molar-refractivity contribution is 4.72. The van der Waals surface area contributed by atoms with Gasteiger partial charge in [-0.25, -0.2) is 0 Å². The molecular formula is C8H16O4. The molecule has 1 rings (SSSR count). The zero-order chi connectivity index (χ0) is 9.19. The lowest BCUT2D eigenvalue weighted by atomic mass is 10.2. The first-order valence-electron chi connectivity index (χ1n) is 4.13. The fourth-order valence-electron chi connectivity index (χ4n) is 1.10. The minimum absolute atomic E-state index is 0.0774. The molecule has 1 heterocycles. The molecule has 12 heavy (non-hydrogen) atoms. The number of hydrogen-bond donors (Lipinski definition) is 2. The lowest BCUT2D eigenvalue weighted by Crippen LogP contribution is -2.28. The van der Waals surface area contributed by atoms with E-state index in [4.69, 9.17) is 14.6 Å². The van der Waals surface area contributed by atoms with Crippen molar-refractivity contribution in [3.63, 3.8) is 0 Å². The predicted molar refractivity (Wildman–Crippen MR) is 42.6 cm³/mol. The Bertz CT molecular complexity index is 140. The van der Waals surface area contributed by atoms with Crippen LogP contribution in [0.3, 0.4) is 0 Å². The highest BCUT2D eigenvalue weighted by Crippen LogP contribution is 2.15. The standard InChI is InChI=1S/C8H16O4/c1-8(2,10)12-5-7-3-6(9)4-11-7/h6-7,9-10H,3-5H2,1-2H3/t6?,7-/m1/s1. The van der Waals surface area contributed by atoms with Crippen molar-refractivity contribution in [3.05, 3.63) is 0 Å². The summed E-state index contributed by atoms with van der Waals surface area (Å²) in [6, 6.07) is 0. The van der Waals surface area contributed by atoms with Gasteiger partial charge in [-0.05, 0) is 13.8 Å². The van der Waals surface area contributed by atoms with Crippen LogP contribution in [-0.4, -0.2) is 41.4 Å². The van der Waals surface area contributed by atoms with Gasteiger partial charge in [-0.15, -0.1) is 0 Å². The second-order valence-corrected chi connectivity index (χ2v) is 3.60. The van der Waals surface area contributed by atoms with Crippen LogP contribution in [0, 0.1) is 0 Å². The highest BCUT2D eigenvalue weighted by Gasteiger charge is 2.25. The van der Waals surface area contributed by atoms with Gasteiger partial charge in [0, 0.05) is 6.42 Å². The maximum atomic E-state index is 9.20. The zero-order valence-electron chi connectivity index (χ0n) is 7.49. The number of ether oxygens (including phenoxy) is 2. The summed E-state index contributed by atoms with van der Waals surface area (Å²) in [6.45, 7) is 3.84. The van der Waals surface area contributed by atoms with E-state index in [1.807, 2.05) is 0 Å². The second kappa shape index (κ2) is 3.70. The molecule has 4 heteroatoms. The number of aliphatic hydroxyl groups is 2. The smallest absolute Gasteiger partial charge is 0.159 e. The van der Waals surface area contributed by atoms with E-state index in [0.717, 1.165) is 0 Å². The van der Waals surface area contributed by atoms with Gasteiger partial charge >= 0.3 is 0 Å². The van der Waals surface area contributed by atoms with Crippen molar-refractivity contribution in [1.82, 2.24) is 0 Å². The normalized spacial score (nSPS) is 31.0. The minimum Gasteiger partial charge on any atom is -0.391 e. The van der Waals surface area contributed by atoms with Crippen LogP contribution < -0.4 is 0 Å². The Labute approximate surface area is 72.1 Å². The summed E-state index contributed by atoms with van der Waals surface area (Å²) in [5.41, 5.74) is 0. The number of rotatable bonds is 3. The average molecular weight is 176 g/mol. The summed E-state index contributed by atoms with van der Waals surface area (Å²) >= 11 is 0. The van der Waals surface area contributed by atoms with Crippen LogP contribution >= 0.6 is 0 Å². The molecule has 0 aromatic carbocycles. The quantitative estimate of drug-likeness (QED) is 0.589. The van der Waals surface area contributed by atoms with Crippen molar-refractivity contribution in [2.45, 2.75) is 38.3 Å². The Hall–Kier alpha value is -0.160. The molecule has 2 atom stereocenters. The summed E-state index contributed by atoms with van der Waals surface area (Å²) in [6.07, 6.45) is 0.141. The molecule has 0 radical (unpaired) electrons. The van der Waals surface area contributed by atoms with E-state index >= 15 is 0 Å². The molecule has 1 fully saturated rings. The highest BCUT2D eigenvalue weighted by atomic mass is 16.6. The molecule has 0 bridgehead atoms. The molecule has 0 saturated carbocycles. The van der Waals surface area contributed by atoms with Crippen molar-refractivity contribution in [3.8, 4) is 0 Å². The lowest BCUT2D eigenvalue weighted by molar-refractivity contribution is -0.190. The molecule has 0 aromatic rings. The van der Waals surface area contributed by atoms with Gasteiger partial charge in [0.05, 0.1) is 25.4 Å². The largest absolute Gasteiger partial charge is 0.391 e. The topological polar surface area (TPSA) is 58.9 Å². The van der Waals surface area contributed by atoms with Crippen LogP contribution in [0.1, 0.15) is 20.3 Å². The van der Waals surface area contributed by atoms with E-state index in [1.54, 1.807) is 13.8 Å². The van der Waals surface area contributed by atoms with Gasteiger partial charge in [0.15, 0.2) is 5.79 Å². The van der Waals surface area contributed by atoms with Gasteiger partial charge in [0.25, 0.3) is 0 Å². The molecule has 0 amide bonds. The van der Waals surface area contributed by atoms with E-state index in [-0.39, 0.29) is 12.2 Å². The Morgan fingerprint density at radius 2 is 2.25 bits per heavy atom. The Morgan fingerprint density at radius 1 is 1.58 bits per heavy atom. The van der Waals surface area contributed by atoms with Gasteiger partial charge < -0.3 is 19.7 Å². The van der Waals surface area contributed by atoms with Crippen LogP contribution in [0.25, 0.3) is 0 Å². The maximum absolute atomic E-state index is 9.20. The maximum Gasteiger partial charge on any atom is 0.159 e. The van der Waals surface area contributed by atoms with E-state index in [0.29, 0.717) is 19.6 Å². The summed E-state index contributed by atoms with van der Waals surface area (Å²) in [4.78, 5) is 0. The van der Waals surface area contributed by atoms with Gasteiger partial charge in [-0.1, -0.05) is 0 Å². The molecule has 1 unspecified atom stereocenters. The number of hydrogen-bond acceptors (Lipinski definition) is 4. The van der Waals surface area contributed by atoms with Crippen molar-refractivity contribution in [1.29, 1.82) is 0 Å². The molecule has 0 aliphatic carbocycles. The monoisotopic (exact) mass is 176 g/mol. The fourth-order valence-corrected chi connectivity index (χ4v) is 1.10. The predicted octanol–water partition coefficient (Wildman–Crippen LogP) is -0.119. The SMILES string of the molecule is CC(C)(O)OC[C@H]1CC(O)CO1. The number of aliphatic hydroxyl groups excluding tert-OH is 1. The minimum atomic E-state index is -1.11. The van der Waals surface area contributed by atoms with E-state index in [1.165, 1.54) is 0 Å². The van der Waals surface area contributed by atoms with Crippen molar-refractivity contribution < 1.29 is 19.7 Å². The first kappa shape index (κ1) is 9.92. The molecular weight excluding hydrogens is 160 g/mol. The third-order valence-corrected chi connectivity index (χ3v) is 1.68. The molecule has 1 aliphatic heterocycles. The molecule has 1 saturated heterocycles.